The van der Waals surface area contributed by atoms with Gasteiger partial charge in [0.2, 0.25) is 0 Å². The van der Waals surface area contributed by atoms with E-state index in [1.54, 1.807) is 0 Å². The van der Waals surface area contributed by atoms with Crippen molar-refractivity contribution in [2.75, 3.05) is 0 Å². The van der Waals surface area contributed by atoms with E-state index in [9.17, 15) is 8.78 Å². The average molecular weight is 277 g/mol. The van der Waals surface area contributed by atoms with E-state index in [-0.39, 0.29) is 0 Å². The van der Waals surface area contributed by atoms with Gasteiger partial charge in [0.25, 0.3) is 0 Å². The Labute approximate surface area is 118 Å². The molecule has 100 valence electrons. The number of fused-ring (bicyclic) bond motifs is 6. The molecule has 1 nitrogen and oxygen atoms in total. The number of halogens is 2. The molecule has 0 atom stereocenters. The number of aromatic nitrogens is 1. The van der Waals surface area contributed by atoms with E-state index in [1.807, 2.05) is 52.9 Å². The van der Waals surface area contributed by atoms with Gasteiger partial charge in [-0.1, -0.05) is 36.4 Å². The Bertz CT molecular complexity index is 1070. The van der Waals surface area contributed by atoms with Crippen molar-refractivity contribution in [3.05, 3.63) is 66.2 Å². The van der Waals surface area contributed by atoms with Gasteiger partial charge in [-0.3, -0.25) is 0 Å². The summed E-state index contributed by atoms with van der Waals surface area (Å²) in [5.74, 6) is -1.01. The fraction of sp³-hybridized carbons (Fsp3) is 0. The molecule has 0 spiro atoms. The molecule has 21 heavy (non-hydrogen) atoms. The predicted molar refractivity (Wildman–Crippen MR) is 81.0 cm³/mol. The van der Waals surface area contributed by atoms with Gasteiger partial charge >= 0.3 is 0 Å². The molecule has 2 aromatic heterocycles. The van der Waals surface area contributed by atoms with E-state index in [0.717, 1.165) is 27.9 Å². The molecule has 0 saturated carbocycles. The van der Waals surface area contributed by atoms with Crippen molar-refractivity contribution in [1.82, 2.24) is 4.40 Å². The van der Waals surface area contributed by atoms with E-state index >= 15 is 0 Å². The zero-order chi connectivity index (χ0) is 14.1. The van der Waals surface area contributed by atoms with Crippen LogP contribution in [0.5, 0.6) is 0 Å². The summed E-state index contributed by atoms with van der Waals surface area (Å²) < 4.78 is 30.7. The minimum atomic E-state index is -0.506. The summed E-state index contributed by atoms with van der Waals surface area (Å²) >= 11 is 0. The molecule has 0 aliphatic rings. The Kier molecular flexibility index (Phi) is 1.84. The average Bonchev–Trinajstić information content (AvgIpc) is 2.99. The lowest BCUT2D eigenvalue weighted by atomic mass is 10.1. The van der Waals surface area contributed by atoms with Gasteiger partial charge in [-0.05, 0) is 12.1 Å². The highest BCUT2D eigenvalue weighted by atomic mass is 19.1. The van der Waals surface area contributed by atoms with Gasteiger partial charge < -0.3 is 4.40 Å². The van der Waals surface area contributed by atoms with Crippen LogP contribution in [-0.4, -0.2) is 4.40 Å². The summed E-state index contributed by atoms with van der Waals surface area (Å²) in [5.41, 5.74) is 2.45. The summed E-state index contributed by atoms with van der Waals surface area (Å²) in [4.78, 5) is 0. The molecule has 0 amide bonds. The molecule has 2 heterocycles. The molecule has 0 fully saturated rings. The third-order valence-electron chi connectivity index (χ3n) is 4.26. The normalized spacial score (nSPS) is 12.3. The van der Waals surface area contributed by atoms with E-state index < -0.39 is 11.6 Å². The number of rotatable bonds is 0. The summed E-state index contributed by atoms with van der Waals surface area (Å²) in [5, 5.41) is 2.64. The quantitative estimate of drug-likeness (QED) is 0.370. The van der Waals surface area contributed by atoms with Gasteiger partial charge in [0.15, 0.2) is 0 Å². The summed E-state index contributed by atoms with van der Waals surface area (Å²) in [7, 11) is 0. The summed E-state index contributed by atoms with van der Waals surface area (Å²) in [6.45, 7) is 0. The first-order chi connectivity index (χ1) is 10.3. The first-order valence-corrected chi connectivity index (χ1v) is 6.78. The van der Waals surface area contributed by atoms with Crippen LogP contribution in [-0.2, 0) is 0 Å². The molecule has 0 saturated heterocycles. The molecule has 5 rings (SSSR count). The monoisotopic (exact) mass is 277 g/mol. The molecule has 0 bridgehead atoms. The van der Waals surface area contributed by atoms with Crippen molar-refractivity contribution in [3.63, 3.8) is 0 Å². The van der Waals surface area contributed by atoms with E-state index in [2.05, 4.69) is 0 Å². The van der Waals surface area contributed by atoms with Crippen LogP contribution in [0.3, 0.4) is 0 Å². The van der Waals surface area contributed by atoms with Crippen LogP contribution < -0.4 is 0 Å². The molecule has 0 aliphatic carbocycles. The lowest BCUT2D eigenvalue weighted by Gasteiger charge is -1.98. The molecule has 3 aromatic carbocycles. The minimum Gasteiger partial charge on any atom is -0.308 e. The van der Waals surface area contributed by atoms with E-state index in [4.69, 9.17) is 0 Å². The Balaban J connectivity index is 2.33. The smallest absolute Gasteiger partial charge is 0.136 e. The molecule has 0 aliphatic heterocycles. The van der Waals surface area contributed by atoms with Gasteiger partial charge in [-0.15, -0.1) is 0 Å². The predicted octanol–water partition coefficient (Wildman–Crippen LogP) is 5.11. The highest BCUT2D eigenvalue weighted by Gasteiger charge is 2.22. The van der Waals surface area contributed by atoms with Crippen LogP contribution >= 0.6 is 0 Å². The van der Waals surface area contributed by atoms with Crippen LogP contribution in [0.25, 0.3) is 38.1 Å². The zero-order valence-corrected chi connectivity index (χ0v) is 10.9. The highest BCUT2D eigenvalue weighted by Crippen LogP contribution is 2.41. The molecular weight excluding hydrogens is 268 g/mol. The lowest BCUT2D eigenvalue weighted by molar-refractivity contribution is 0.599. The summed E-state index contributed by atoms with van der Waals surface area (Å²) in [6.07, 6.45) is 0. The maximum absolute atomic E-state index is 14.4. The minimum absolute atomic E-state index is 0.498. The van der Waals surface area contributed by atoms with E-state index in [1.165, 1.54) is 0 Å². The first kappa shape index (κ1) is 11.0. The number of hydrogen-bond donors (Lipinski definition) is 0. The van der Waals surface area contributed by atoms with Crippen molar-refractivity contribution >= 4 is 38.1 Å². The highest BCUT2D eigenvalue weighted by molar-refractivity contribution is 6.23. The fourth-order valence-corrected chi connectivity index (χ4v) is 3.47. The standard InChI is InChI=1S/C18H9F2N/c19-12-9-13(20)17-11-6-2-4-8-15(11)21-14-7-3-1-5-10(14)16(12)18(17)21/h1-9H. The van der Waals surface area contributed by atoms with Crippen molar-refractivity contribution in [1.29, 1.82) is 0 Å². The maximum atomic E-state index is 14.4. The van der Waals surface area contributed by atoms with Gasteiger partial charge in [0, 0.05) is 27.6 Å². The van der Waals surface area contributed by atoms with Crippen LogP contribution in [0.15, 0.2) is 54.6 Å². The molecule has 5 aromatic rings. The summed E-state index contributed by atoms with van der Waals surface area (Å²) in [6, 6.07) is 16.2. The van der Waals surface area contributed by atoms with Crippen LogP contribution in [0.1, 0.15) is 0 Å². The molecular formula is C18H9F2N. The zero-order valence-electron chi connectivity index (χ0n) is 10.9. The fourth-order valence-electron chi connectivity index (χ4n) is 3.47. The van der Waals surface area contributed by atoms with Crippen molar-refractivity contribution < 1.29 is 8.78 Å². The first-order valence-electron chi connectivity index (χ1n) is 6.78. The molecule has 3 heteroatoms. The van der Waals surface area contributed by atoms with Crippen LogP contribution in [0.2, 0.25) is 0 Å². The van der Waals surface area contributed by atoms with Crippen molar-refractivity contribution in [3.8, 4) is 0 Å². The topological polar surface area (TPSA) is 4.41 Å². The second kappa shape index (κ2) is 3.50. The van der Waals surface area contributed by atoms with Gasteiger partial charge in [0.1, 0.15) is 11.6 Å². The number of nitrogens with zero attached hydrogens (tertiary/aromatic N) is 1. The van der Waals surface area contributed by atoms with Gasteiger partial charge in [-0.25, -0.2) is 8.78 Å². The van der Waals surface area contributed by atoms with Crippen molar-refractivity contribution in [2.45, 2.75) is 0 Å². The van der Waals surface area contributed by atoms with E-state index in [0.29, 0.717) is 16.3 Å². The molecule has 0 radical (unpaired) electrons. The molecule has 0 N–H and O–H groups in total. The third-order valence-corrected chi connectivity index (χ3v) is 4.26. The van der Waals surface area contributed by atoms with Gasteiger partial charge in [-0.2, -0.15) is 0 Å². The number of para-hydroxylation sites is 2. The van der Waals surface area contributed by atoms with Gasteiger partial charge in [0.05, 0.1) is 16.6 Å². The maximum Gasteiger partial charge on any atom is 0.136 e. The Morgan fingerprint density at radius 2 is 1.14 bits per heavy atom. The molecule has 0 unspecified atom stereocenters. The Hall–Kier alpha value is -2.68. The Morgan fingerprint density at radius 3 is 1.67 bits per heavy atom. The third kappa shape index (κ3) is 1.16. The second-order valence-electron chi connectivity index (χ2n) is 5.31. The number of hydrogen-bond acceptors (Lipinski definition) is 0. The second-order valence-corrected chi connectivity index (χ2v) is 5.31. The SMILES string of the molecule is Fc1cc(F)c2c3ccccc3n3c4ccccc4c1c23. The van der Waals surface area contributed by atoms with Crippen molar-refractivity contribution in [2.24, 2.45) is 0 Å². The van der Waals surface area contributed by atoms with Crippen LogP contribution in [0, 0.1) is 11.6 Å². The Morgan fingerprint density at radius 1 is 0.667 bits per heavy atom. The lowest BCUT2D eigenvalue weighted by Crippen LogP contribution is -1.83. The number of benzene rings is 3. The van der Waals surface area contributed by atoms with Crippen LogP contribution in [0.4, 0.5) is 8.78 Å². The largest absolute Gasteiger partial charge is 0.308 e.